The van der Waals surface area contributed by atoms with Crippen LogP contribution in [0.5, 0.6) is 5.75 Å². The zero-order valence-electron chi connectivity index (χ0n) is 17.2. The molecule has 4 N–H and O–H groups in total. The van der Waals surface area contributed by atoms with Crippen LogP contribution in [0, 0.1) is 13.8 Å². The minimum absolute atomic E-state index is 0.0798. The predicted octanol–water partition coefficient (Wildman–Crippen LogP) is 3.86. The number of carbonyl (C=O) groups excluding carboxylic acids is 1. The van der Waals surface area contributed by atoms with E-state index in [1.807, 2.05) is 36.4 Å². The summed E-state index contributed by atoms with van der Waals surface area (Å²) < 4.78 is 5.53. The number of benzene rings is 2. The van der Waals surface area contributed by atoms with Crippen molar-refractivity contribution in [2.75, 3.05) is 18.5 Å². The van der Waals surface area contributed by atoms with Crippen LogP contribution < -0.4 is 10.1 Å². The number of rotatable bonds is 6. The number of aromatic nitrogens is 1. The second-order valence-electron chi connectivity index (χ2n) is 7.31. The quantitative estimate of drug-likeness (QED) is 0.454. The number of carboxylic acid groups (broad SMARTS) is 1. The third-order valence-electron chi connectivity index (χ3n) is 5.31. The van der Waals surface area contributed by atoms with Gasteiger partial charge in [-0.15, -0.1) is 0 Å². The highest BCUT2D eigenvalue weighted by Gasteiger charge is 2.28. The first-order valence-electron chi connectivity index (χ1n) is 9.83. The molecule has 0 unspecified atom stereocenters. The molecular weight excluding hydrogens is 396 g/mol. The van der Waals surface area contributed by atoms with Gasteiger partial charge < -0.3 is 25.3 Å². The summed E-state index contributed by atoms with van der Waals surface area (Å²) in [6.45, 7) is 3.54. The molecule has 0 aliphatic carbocycles. The molecule has 7 heteroatoms. The lowest BCUT2D eigenvalue weighted by atomic mass is 9.94. The third-order valence-corrected chi connectivity index (χ3v) is 5.31. The fraction of sp³-hybridized carbons (Fsp3) is 0.167. The molecule has 0 atom stereocenters. The van der Waals surface area contributed by atoms with E-state index in [2.05, 4.69) is 10.3 Å². The van der Waals surface area contributed by atoms with Crippen LogP contribution in [0.3, 0.4) is 0 Å². The minimum Gasteiger partial charge on any atom is -0.491 e. The molecule has 4 rings (SSSR count). The van der Waals surface area contributed by atoms with Gasteiger partial charge in [-0.2, -0.15) is 0 Å². The van der Waals surface area contributed by atoms with Crippen molar-refractivity contribution >= 4 is 29.2 Å². The summed E-state index contributed by atoms with van der Waals surface area (Å²) in [5.74, 6) is -0.639. The first-order valence-corrected chi connectivity index (χ1v) is 9.83. The van der Waals surface area contributed by atoms with Crippen LogP contribution in [0.4, 0.5) is 5.69 Å². The number of H-pyrrole nitrogens is 1. The number of aliphatic hydroxyl groups excluding tert-OH is 1. The molecule has 0 bridgehead atoms. The molecule has 1 aliphatic heterocycles. The number of carboxylic acids is 1. The number of hydrogen-bond acceptors (Lipinski definition) is 4. The lowest BCUT2D eigenvalue weighted by Crippen LogP contribution is -2.04. The van der Waals surface area contributed by atoms with Crippen LogP contribution in [0.2, 0.25) is 0 Å². The molecule has 0 spiro atoms. The van der Waals surface area contributed by atoms with Gasteiger partial charge >= 0.3 is 5.97 Å². The Labute approximate surface area is 179 Å². The molecule has 1 aliphatic rings. The van der Waals surface area contributed by atoms with E-state index in [0.717, 1.165) is 16.7 Å². The van der Waals surface area contributed by atoms with Crippen LogP contribution in [-0.4, -0.2) is 40.3 Å². The Bertz CT molecular complexity index is 1220. The molecule has 2 heterocycles. The van der Waals surface area contributed by atoms with Gasteiger partial charge in [0.2, 0.25) is 0 Å². The van der Waals surface area contributed by atoms with E-state index in [9.17, 15) is 14.7 Å². The Morgan fingerprint density at radius 1 is 1.16 bits per heavy atom. The molecule has 1 amide bonds. The van der Waals surface area contributed by atoms with E-state index >= 15 is 0 Å². The number of fused-ring (bicyclic) bond motifs is 1. The molecule has 0 radical (unpaired) electrons. The van der Waals surface area contributed by atoms with Crippen LogP contribution >= 0.6 is 0 Å². The summed E-state index contributed by atoms with van der Waals surface area (Å²) in [5, 5.41) is 21.4. The van der Waals surface area contributed by atoms with Crippen LogP contribution in [0.15, 0.2) is 42.5 Å². The number of anilines is 1. The number of aryl methyl sites for hydroxylation is 1. The van der Waals surface area contributed by atoms with Crippen molar-refractivity contribution in [1.29, 1.82) is 0 Å². The second kappa shape index (κ2) is 8.12. The molecule has 2 aromatic carbocycles. The number of ether oxygens (including phenoxy) is 1. The van der Waals surface area contributed by atoms with Gasteiger partial charge in [0.1, 0.15) is 12.4 Å². The number of hydrogen-bond donors (Lipinski definition) is 4. The Morgan fingerprint density at radius 2 is 1.94 bits per heavy atom. The van der Waals surface area contributed by atoms with E-state index in [1.54, 1.807) is 26.0 Å². The van der Waals surface area contributed by atoms with E-state index < -0.39 is 5.97 Å². The third kappa shape index (κ3) is 3.71. The maximum atomic E-state index is 12.8. The highest BCUT2D eigenvalue weighted by Crippen LogP contribution is 2.41. The van der Waals surface area contributed by atoms with Gasteiger partial charge in [0.15, 0.2) is 0 Å². The predicted molar refractivity (Wildman–Crippen MR) is 118 cm³/mol. The largest absolute Gasteiger partial charge is 0.491 e. The first kappa shape index (κ1) is 20.4. The van der Waals surface area contributed by atoms with E-state index in [4.69, 9.17) is 9.84 Å². The van der Waals surface area contributed by atoms with Gasteiger partial charge in [0.05, 0.1) is 17.7 Å². The number of aliphatic hydroxyl groups is 1. The summed E-state index contributed by atoms with van der Waals surface area (Å²) in [7, 11) is 0. The van der Waals surface area contributed by atoms with Crippen LogP contribution in [0.25, 0.3) is 22.8 Å². The number of nitrogens with one attached hydrogen (secondary N) is 2. The van der Waals surface area contributed by atoms with Gasteiger partial charge in [-0.25, -0.2) is 4.79 Å². The minimum atomic E-state index is -1.01. The van der Waals surface area contributed by atoms with Crippen LogP contribution in [0.1, 0.15) is 32.9 Å². The summed E-state index contributed by atoms with van der Waals surface area (Å²) in [5.41, 5.74) is 5.51. The Hall–Kier alpha value is -3.84. The van der Waals surface area contributed by atoms with Crippen molar-refractivity contribution in [3.8, 4) is 16.9 Å². The summed E-state index contributed by atoms with van der Waals surface area (Å²) in [6.07, 6.45) is 1.70. The smallest absolute Gasteiger partial charge is 0.337 e. The molecule has 1 aromatic heterocycles. The first-order chi connectivity index (χ1) is 14.9. The van der Waals surface area contributed by atoms with Gasteiger partial charge in [0.25, 0.3) is 5.91 Å². The van der Waals surface area contributed by atoms with Crippen molar-refractivity contribution in [2.45, 2.75) is 13.8 Å². The molecule has 31 heavy (non-hydrogen) atoms. The zero-order valence-corrected chi connectivity index (χ0v) is 17.2. The fourth-order valence-electron chi connectivity index (χ4n) is 3.93. The highest BCUT2D eigenvalue weighted by atomic mass is 16.5. The number of aromatic carboxylic acids is 1. The standard InChI is InChI=1S/C24H22N2O5/c1-13-20(25-14(2)21(13)24(29)30)12-18-22-17(7-4-8-19(22)26-23(18)28)15-5-3-6-16(11-15)31-10-9-27/h3-8,11-12,25,27H,9-10H2,1-2H3,(H,26,28)(H,29,30)/b18-12-. The molecule has 158 valence electrons. The van der Waals surface area contributed by atoms with E-state index in [0.29, 0.717) is 34.0 Å². The van der Waals surface area contributed by atoms with E-state index in [-0.39, 0.29) is 24.7 Å². The van der Waals surface area contributed by atoms with Gasteiger partial charge in [-0.3, -0.25) is 4.79 Å². The molecule has 7 nitrogen and oxygen atoms in total. The lowest BCUT2D eigenvalue weighted by molar-refractivity contribution is -0.110. The normalized spacial score (nSPS) is 13.9. The lowest BCUT2D eigenvalue weighted by Gasteiger charge is -2.11. The fourth-order valence-corrected chi connectivity index (χ4v) is 3.93. The highest BCUT2D eigenvalue weighted by molar-refractivity contribution is 6.36. The summed E-state index contributed by atoms with van der Waals surface area (Å²) >= 11 is 0. The topological polar surface area (TPSA) is 112 Å². The van der Waals surface area contributed by atoms with Crippen molar-refractivity contribution in [2.24, 2.45) is 0 Å². The summed E-state index contributed by atoms with van der Waals surface area (Å²) in [4.78, 5) is 27.4. The molecular formula is C24H22N2O5. The SMILES string of the molecule is Cc1[nH]c(/C=C2\C(=O)Nc3cccc(-c4cccc(OCCO)c4)c32)c(C)c1C(=O)O. The van der Waals surface area contributed by atoms with Gasteiger partial charge in [-0.05, 0) is 54.8 Å². The van der Waals surface area contributed by atoms with Crippen molar-refractivity contribution < 1.29 is 24.5 Å². The maximum Gasteiger partial charge on any atom is 0.337 e. The van der Waals surface area contributed by atoms with Crippen molar-refractivity contribution in [1.82, 2.24) is 4.98 Å². The Kier molecular flexibility index (Phi) is 5.35. The Balaban J connectivity index is 1.84. The maximum absolute atomic E-state index is 12.8. The molecule has 0 saturated heterocycles. The number of aromatic amines is 1. The van der Waals surface area contributed by atoms with Gasteiger partial charge in [-0.1, -0.05) is 24.3 Å². The molecule has 3 aromatic rings. The average molecular weight is 418 g/mol. The number of carbonyl (C=O) groups is 2. The number of amides is 1. The second-order valence-corrected chi connectivity index (χ2v) is 7.31. The molecule has 0 fully saturated rings. The summed E-state index contributed by atoms with van der Waals surface area (Å²) in [6, 6.07) is 13.1. The zero-order chi connectivity index (χ0) is 22.1. The van der Waals surface area contributed by atoms with Gasteiger partial charge in [0, 0.05) is 22.6 Å². The van der Waals surface area contributed by atoms with E-state index in [1.165, 1.54) is 0 Å². The van der Waals surface area contributed by atoms with Crippen molar-refractivity contribution in [3.63, 3.8) is 0 Å². The van der Waals surface area contributed by atoms with Crippen LogP contribution in [-0.2, 0) is 4.79 Å². The average Bonchev–Trinajstić information content (AvgIpc) is 3.21. The molecule has 0 saturated carbocycles. The Morgan fingerprint density at radius 3 is 2.65 bits per heavy atom. The monoisotopic (exact) mass is 418 g/mol. The van der Waals surface area contributed by atoms with Crippen molar-refractivity contribution in [3.05, 3.63) is 70.5 Å².